The number of imidazole rings is 1. The molecule has 0 amide bonds. The molecule has 3 aliphatic rings. The van der Waals surface area contributed by atoms with Crippen LogP contribution < -0.4 is 4.90 Å². The summed E-state index contributed by atoms with van der Waals surface area (Å²) in [5.74, 6) is 0. The number of hydrogen-bond acceptors (Lipinski definition) is 7. The number of aryl methyl sites for hydroxylation is 1. The van der Waals surface area contributed by atoms with Gasteiger partial charge in [0, 0.05) is 44.8 Å². The molecule has 3 aliphatic heterocycles. The van der Waals surface area contributed by atoms with Crippen LogP contribution in [0.15, 0.2) is 47.2 Å². The Kier molecular flexibility index (Phi) is 5.71. The molecule has 2 atom stereocenters. The summed E-state index contributed by atoms with van der Waals surface area (Å²) in [6.07, 6.45) is 9.32. The molecule has 0 N–H and O–H groups in total. The van der Waals surface area contributed by atoms with Crippen LogP contribution in [0.4, 0.5) is 5.13 Å². The first-order chi connectivity index (χ1) is 16.5. The van der Waals surface area contributed by atoms with E-state index in [0.717, 1.165) is 54.4 Å². The van der Waals surface area contributed by atoms with Crippen LogP contribution in [-0.2, 0) is 17.1 Å². The van der Waals surface area contributed by atoms with Gasteiger partial charge in [0.15, 0.2) is 9.34 Å². The Balaban J connectivity index is 1.28. The minimum Gasteiger partial charge on any atom is -0.345 e. The van der Waals surface area contributed by atoms with Gasteiger partial charge in [-0.05, 0) is 37.8 Å². The first-order valence-corrected chi connectivity index (χ1v) is 14.3. The monoisotopic (exact) mass is 498 g/mol. The van der Waals surface area contributed by atoms with Crippen molar-refractivity contribution in [2.24, 2.45) is 7.05 Å². The van der Waals surface area contributed by atoms with Gasteiger partial charge in [-0.15, -0.1) is 0 Å². The van der Waals surface area contributed by atoms with Gasteiger partial charge < -0.3 is 9.47 Å². The SMILES string of the molecule is Cn1cncc1-c1ccccc1C1CCCN1S(=O)(=O)c1cnc(N2CCN3CCCC3C2)s1. The number of anilines is 1. The maximum absolute atomic E-state index is 13.8. The van der Waals surface area contributed by atoms with Crippen molar-refractivity contribution in [3.05, 3.63) is 48.5 Å². The van der Waals surface area contributed by atoms with E-state index in [1.54, 1.807) is 16.8 Å². The van der Waals surface area contributed by atoms with Crippen LogP contribution in [-0.4, -0.2) is 70.9 Å². The van der Waals surface area contributed by atoms with Crippen molar-refractivity contribution in [1.82, 2.24) is 23.7 Å². The quantitative estimate of drug-likeness (QED) is 0.537. The molecule has 0 bridgehead atoms. The van der Waals surface area contributed by atoms with E-state index < -0.39 is 10.0 Å². The largest absolute Gasteiger partial charge is 0.345 e. The lowest BCUT2D eigenvalue weighted by molar-refractivity contribution is 0.231. The van der Waals surface area contributed by atoms with Crippen LogP contribution in [0.2, 0.25) is 0 Å². The molecule has 0 radical (unpaired) electrons. The maximum atomic E-state index is 13.8. The Hall–Kier alpha value is -2.27. The fourth-order valence-corrected chi connectivity index (χ4v) is 8.73. The van der Waals surface area contributed by atoms with E-state index in [1.165, 1.54) is 30.7 Å². The second-order valence-corrected chi connectivity index (χ2v) is 12.6. The highest BCUT2D eigenvalue weighted by atomic mass is 32.2. The summed E-state index contributed by atoms with van der Waals surface area (Å²) in [6, 6.07) is 8.49. The Morgan fingerprint density at radius 3 is 2.74 bits per heavy atom. The number of sulfonamides is 1. The first kappa shape index (κ1) is 22.2. The molecule has 0 saturated carbocycles. The zero-order valence-electron chi connectivity index (χ0n) is 19.4. The van der Waals surface area contributed by atoms with Crippen LogP contribution in [0.5, 0.6) is 0 Å². The number of aromatic nitrogens is 3. The van der Waals surface area contributed by atoms with E-state index in [4.69, 9.17) is 0 Å². The number of piperazine rings is 1. The summed E-state index contributed by atoms with van der Waals surface area (Å²) in [4.78, 5) is 13.7. The molecule has 6 rings (SSSR count). The minimum atomic E-state index is -3.64. The van der Waals surface area contributed by atoms with Crippen LogP contribution in [0.25, 0.3) is 11.3 Å². The van der Waals surface area contributed by atoms with E-state index in [1.807, 2.05) is 29.9 Å². The molecule has 3 saturated heterocycles. The van der Waals surface area contributed by atoms with Gasteiger partial charge in [-0.3, -0.25) is 4.90 Å². The van der Waals surface area contributed by atoms with Gasteiger partial charge in [-0.25, -0.2) is 18.4 Å². The highest BCUT2D eigenvalue weighted by Gasteiger charge is 2.39. The second kappa shape index (κ2) is 8.75. The molecule has 34 heavy (non-hydrogen) atoms. The Morgan fingerprint density at radius 2 is 1.88 bits per heavy atom. The van der Waals surface area contributed by atoms with Crippen molar-refractivity contribution in [2.45, 2.75) is 42.0 Å². The smallest absolute Gasteiger partial charge is 0.254 e. The molecule has 3 fully saturated rings. The lowest BCUT2D eigenvalue weighted by Gasteiger charge is -2.37. The lowest BCUT2D eigenvalue weighted by atomic mass is 9.97. The van der Waals surface area contributed by atoms with E-state index in [9.17, 15) is 8.42 Å². The van der Waals surface area contributed by atoms with Crippen molar-refractivity contribution in [3.8, 4) is 11.3 Å². The fourth-order valence-electron chi connectivity index (χ4n) is 5.77. The van der Waals surface area contributed by atoms with Gasteiger partial charge >= 0.3 is 0 Å². The molecular weight excluding hydrogens is 468 g/mol. The normalized spacial score (nSPS) is 24.1. The van der Waals surface area contributed by atoms with E-state index >= 15 is 0 Å². The Bertz CT molecular complexity index is 1290. The standard InChI is InChI=1S/C24H30N6O2S2/c1-27-17-25-14-22(27)20-8-3-2-7-19(20)21-9-5-11-30(21)34(31,32)23-15-26-24(33-23)29-13-12-28-10-4-6-18(28)16-29/h2-3,7-8,14-15,17-18,21H,4-6,9-13,16H2,1H3. The van der Waals surface area contributed by atoms with Gasteiger partial charge in [-0.1, -0.05) is 35.6 Å². The highest BCUT2D eigenvalue weighted by molar-refractivity contribution is 7.91. The Morgan fingerprint density at radius 1 is 1.03 bits per heavy atom. The number of hydrogen-bond donors (Lipinski definition) is 0. The van der Waals surface area contributed by atoms with Crippen molar-refractivity contribution >= 4 is 26.5 Å². The molecule has 5 heterocycles. The number of benzene rings is 1. The zero-order valence-corrected chi connectivity index (χ0v) is 21.0. The molecule has 180 valence electrons. The van der Waals surface area contributed by atoms with E-state index in [2.05, 4.69) is 31.9 Å². The van der Waals surface area contributed by atoms with Crippen molar-refractivity contribution < 1.29 is 8.42 Å². The molecule has 8 nitrogen and oxygen atoms in total. The minimum absolute atomic E-state index is 0.191. The third-order valence-electron chi connectivity index (χ3n) is 7.51. The zero-order chi connectivity index (χ0) is 23.3. The lowest BCUT2D eigenvalue weighted by Crippen LogP contribution is -2.50. The Labute approximate surface area is 204 Å². The van der Waals surface area contributed by atoms with Crippen LogP contribution in [0.1, 0.15) is 37.3 Å². The summed E-state index contributed by atoms with van der Waals surface area (Å²) in [5.41, 5.74) is 3.06. The molecular formula is C24H30N6O2S2. The van der Waals surface area contributed by atoms with Crippen molar-refractivity contribution in [1.29, 1.82) is 0 Å². The van der Waals surface area contributed by atoms with Gasteiger partial charge in [0.2, 0.25) is 0 Å². The molecule has 1 aromatic carbocycles. The molecule has 0 aliphatic carbocycles. The first-order valence-electron chi connectivity index (χ1n) is 12.0. The predicted octanol–water partition coefficient (Wildman–Crippen LogP) is 3.35. The molecule has 10 heteroatoms. The van der Waals surface area contributed by atoms with Gasteiger partial charge in [0.1, 0.15) is 0 Å². The van der Waals surface area contributed by atoms with E-state index in [-0.39, 0.29) is 6.04 Å². The van der Waals surface area contributed by atoms with Gasteiger partial charge in [-0.2, -0.15) is 4.31 Å². The highest BCUT2D eigenvalue weighted by Crippen LogP contribution is 2.42. The number of fused-ring (bicyclic) bond motifs is 1. The number of thiazole rings is 1. The summed E-state index contributed by atoms with van der Waals surface area (Å²) < 4.78 is 31.6. The summed E-state index contributed by atoms with van der Waals surface area (Å²) in [6.45, 7) is 4.60. The van der Waals surface area contributed by atoms with Crippen molar-refractivity contribution in [3.63, 3.8) is 0 Å². The number of nitrogens with zero attached hydrogens (tertiary/aromatic N) is 6. The topological polar surface area (TPSA) is 74.6 Å². The fraction of sp³-hybridized carbons (Fsp3) is 0.500. The van der Waals surface area contributed by atoms with Crippen LogP contribution in [0, 0.1) is 0 Å². The molecule has 3 aromatic rings. The third kappa shape index (κ3) is 3.77. The average Bonchev–Trinajstić information content (AvgIpc) is 3.65. The summed E-state index contributed by atoms with van der Waals surface area (Å²) in [7, 11) is -1.67. The van der Waals surface area contributed by atoms with Crippen LogP contribution in [0.3, 0.4) is 0 Å². The third-order valence-corrected chi connectivity index (χ3v) is 10.9. The second-order valence-electron chi connectivity index (χ2n) is 9.49. The van der Waals surface area contributed by atoms with E-state index in [0.29, 0.717) is 16.8 Å². The summed E-state index contributed by atoms with van der Waals surface area (Å²) in [5, 5.41) is 0.830. The number of rotatable bonds is 5. The molecule has 2 aromatic heterocycles. The van der Waals surface area contributed by atoms with Crippen molar-refractivity contribution in [2.75, 3.05) is 37.6 Å². The average molecular weight is 499 g/mol. The molecule has 2 unspecified atom stereocenters. The van der Waals surface area contributed by atoms with Gasteiger partial charge in [0.25, 0.3) is 10.0 Å². The molecule has 0 spiro atoms. The van der Waals surface area contributed by atoms with Crippen LogP contribution >= 0.6 is 11.3 Å². The maximum Gasteiger partial charge on any atom is 0.254 e. The summed E-state index contributed by atoms with van der Waals surface area (Å²) >= 11 is 1.32. The van der Waals surface area contributed by atoms with Gasteiger partial charge in [0.05, 0.1) is 30.5 Å². The predicted molar refractivity (Wildman–Crippen MR) is 133 cm³/mol.